The van der Waals surface area contributed by atoms with E-state index in [1.165, 1.54) is 0 Å². The molecule has 6 heteroatoms. The molecular weight excluding hydrogens is 352 g/mol. The number of piperazine rings is 1. The molecule has 1 aliphatic heterocycles. The third-order valence-electron chi connectivity index (χ3n) is 5.20. The van der Waals surface area contributed by atoms with Gasteiger partial charge in [0.15, 0.2) is 0 Å². The van der Waals surface area contributed by atoms with Gasteiger partial charge in [-0.2, -0.15) is 0 Å². The molecule has 2 heterocycles. The van der Waals surface area contributed by atoms with Gasteiger partial charge < -0.3 is 9.80 Å². The van der Waals surface area contributed by atoms with E-state index in [4.69, 9.17) is 0 Å². The molecule has 0 N–H and O–H groups in total. The van der Waals surface area contributed by atoms with Crippen LogP contribution in [0.3, 0.4) is 0 Å². The Morgan fingerprint density at radius 2 is 1.25 bits per heavy atom. The summed E-state index contributed by atoms with van der Waals surface area (Å²) in [5, 5.41) is 0. The molecule has 4 rings (SSSR count). The van der Waals surface area contributed by atoms with E-state index >= 15 is 0 Å². The zero-order valence-electron chi connectivity index (χ0n) is 16.1. The lowest BCUT2D eigenvalue weighted by molar-refractivity contribution is 0.0535. The lowest BCUT2D eigenvalue weighted by atomic mass is 10.1. The Bertz CT molecular complexity index is 1040. The number of carbonyl (C=O) groups excluding carboxylic acids is 2. The summed E-state index contributed by atoms with van der Waals surface area (Å²) in [6, 6.07) is 14.7. The van der Waals surface area contributed by atoms with E-state index in [0.717, 1.165) is 22.4 Å². The zero-order chi connectivity index (χ0) is 19.7. The highest BCUT2D eigenvalue weighted by Crippen LogP contribution is 2.17. The molecule has 1 saturated heterocycles. The van der Waals surface area contributed by atoms with Crippen molar-refractivity contribution in [1.82, 2.24) is 19.8 Å². The maximum atomic E-state index is 12.9. The number of aryl methyl sites for hydroxylation is 2. The number of fused-ring (bicyclic) bond motifs is 1. The highest BCUT2D eigenvalue weighted by Gasteiger charge is 2.25. The molecule has 142 valence electrons. The topological polar surface area (TPSA) is 66.4 Å². The molecule has 2 aromatic carbocycles. The first-order valence-electron chi connectivity index (χ1n) is 9.41. The Morgan fingerprint density at radius 1 is 0.714 bits per heavy atom. The Kier molecular flexibility index (Phi) is 4.77. The Balaban J connectivity index is 1.46. The van der Waals surface area contributed by atoms with E-state index in [1.54, 1.807) is 21.9 Å². The van der Waals surface area contributed by atoms with Crippen molar-refractivity contribution in [1.29, 1.82) is 0 Å². The summed E-state index contributed by atoms with van der Waals surface area (Å²) in [6.07, 6.45) is 0. The maximum Gasteiger partial charge on any atom is 0.254 e. The monoisotopic (exact) mass is 374 g/mol. The zero-order valence-corrected chi connectivity index (χ0v) is 16.1. The van der Waals surface area contributed by atoms with Crippen LogP contribution in [0.2, 0.25) is 0 Å². The molecule has 0 bridgehead atoms. The summed E-state index contributed by atoms with van der Waals surface area (Å²) >= 11 is 0. The van der Waals surface area contributed by atoms with E-state index < -0.39 is 0 Å². The Labute approximate surface area is 163 Å². The molecule has 0 aliphatic carbocycles. The predicted molar refractivity (Wildman–Crippen MR) is 107 cm³/mol. The van der Waals surface area contributed by atoms with Gasteiger partial charge in [0.05, 0.1) is 22.4 Å². The lowest BCUT2D eigenvalue weighted by Crippen LogP contribution is -2.50. The van der Waals surface area contributed by atoms with Gasteiger partial charge in [-0.1, -0.05) is 18.2 Å². The van der Waals surface area contributed by atoms with Crippen molar-refractivity contribution < 1.29 is 9.59 Å². The minimum atomic E-state index is -0.0336. The highest BCUT2D eigenvalue weighted by molar-refractivity contribution is 5.98. The normalized spacial score (nSPS) is 14.4. The first-order chi connectivity index (χ1) is 13.5. The molecule has 28 heavy (non-hydrogen) atoms. The van der Waals surface area contributed by atoms with E-state index in [0.29, 0.717) is 37.3 Å². The molecule has 1 aromatic heterocycles. The van der Waals surface area contributed by atoms with E-state index in [-0.39, 0.29) is 11.8 Å². The Hall–Kier alpha value is -3.28. The molecule has 6 nitrogen and oxygen atoms in total. The van der Waals surface area contributed by atoms with E-state index in [2.05, 4.69) is 9.97 Å². The number of carbonyl (C=O) groups is 2. The van der Waals surface area contributed by atoms with Gasteiger partial charge in [0.25, 0.3) is 11.8 Å². The average Bonchev–Trinajstić information content (AvgIpc) is 2.74. The van der Waals surface area contributed by atoms with Gasteiger partial charge in [0.2, 0.25) is 0 Å². The predicted octanol–water partition coefficient (Wildman–Crippen LogP) is 2.84. The molecule has 0 radical (unpaired) electrons. The second-order valence-corrected chi connectivity index (χ2v) is 7.05. The SMILES string of the molecule is Cc1nc2ccc(C(=O)N3CCN(C(=O)c4ccccc4)CC3)cc2nc1C. The number of hydrogen-bond acceptors (Lipinski definition) is 4. The average molecular weight is 374 g/mol. The van der Waals surface area contributed by atoms with Crippen LogP contribution in [0.15, 0.2) is 48.5 Å². The van der Waals surface area contributed by atoms with Crippen LogP contribution in [0.4, 0.5) is 0 Å². The molecule has 3 aromatic rings. The summed E-state index contributed by atoms with van der Waals surface area (Å²) in [5.41, 5.74) is 4.56. The van der Waals surface area contributed by atoms with Crippen LogP contribution in [-0.2, 0) is 0 Å². The minimum Gasteiger partial charge on any atom is -0.335 e. The van der Waals surface area contributed by atoms with Crippen LogP contribution in [0.25, 0.3) is 11.0 Å². The number of hydrogen-bond donors (Lipinski definition) is 0. The number of nitrogens with zero attached hydrogens (tertiary/aromatic N) is 4. The van der Waals surface area contributed by atoms with Crippen LogP contribution >= 0.6 is 0 Å². The van der Waals surface area contributed by atoms with Crippen molar-refractivity contribution in [2.75, 3.05) is 26.2 Å². The van der Waals surface area contributed by atoms with Crippen LogP contribution in [0, 0.1) is 13.8 Å². The standard InChI is InChI=1S/C22H22N4O2/c1-15-16(2)24-20-14-18(8-9-19(20)23-15)22(28)26-12-10-25(11-13-26)21(27)17-6-4-3-5-7-17/h3-9,14H,10-13H2,1-2H3. The fraction of sp³-hybridized carbons (Fsp3) is 0.273. The molecule has 1 aliphatic rings. The van der Waals surface area contributed by atoms with Crippen molar-refractivity contribution in [3.63, 3.8) is 0 Å². The van der Waals surface area contributed by atoms with Crippen molar-refractivity contribution in [3.8, 4) is 0 Å². The molecule has 0 saturated carbocycles. The summed E-state index contributed by atoms with van der Waals surface area (Å²) in [4.78, 5) is 38.1. The Morgan fingerprint density at radius 3 is 1.86 bits per heavy atom. The summed E-state index contributed by atoms with van der Waals surface area (Å²) in [5.74, 6) is -0.0201. The third-order valence-corrected chi connectivity index (χ3v) is 5.20. The number of amides is 2. The fourth-order valence-electron chi connectivity index (χ4n) is 3.42. The van der Waals surface area contributed by atoms with Gasteiger partial charge in [0, 0.05) is 37.3 Å². The number of aromatic nitrogens is 2. The van der Waals surface area contributed by atoms with Gasteiger partial charge in [0.1, 0.15) is 0 Å². The quantitative estimate of drug-likeness (QED) is 0.692. The summed E-state index contributed by atoms with van der Waals surface area (Å²) in [6.45, 7) is 5.95. The largest absolute Gasteiger partial charge is 0.335 e. The van der Waals surface area contributed by atoms with Gasteiger partial charge in [-0.25, -0.2) is 9.97 Å². The van der Waals surface area contributed by atoms with E-state index in [1.807, 2.05) is 50.2 Å². The summed E-state index contributed by atoms with van der Waals surface area (Å²) in [7, 11) is 0. The van der Waals surface area contributed by atoms with Crippen molar-refractivity contribution in [3.05, 3.63) is 71.0 Å². The maximum absolute atomic E-state index is 12.9. The van der Waals surface area contributed by atoms with E-state index in [9.17, 15) is 9.59 Å². The van der Waals surface area contributed by atoms with Crippen molar-refractivity contribution in [2.45, 2.75) is 13.8 Å². The van der Waals surface area contributed by atoms with Crippen LogP contribution in [0.5, 0.6) is 0 Å². The molecule has 2 amide bonds. The second-order valence-electron chi connectivity index (χ2n) is 7.05. The van der Waals surface area contributed by atoms with Crippen LogP contribution in [-0.4, -0.2) is 57.8 Å². The van der Waals surface area contributed by atoms with Gasteiger partial charge in [-0.3, -0.25) is 9.59 Å². The first-order valence-corrected chi connectivity index (χ1v) is 9.41. The summed E-state index contributed by atoms with van der Waals surface area (Å²) < 4.78 is 0. The minimum absolute atomic E-state index is 0.0134. The lowest BCUT2D eigenvalue weighted by Gasteiger charge is -2.35. The molecule has 0 atom stereocenters. The first kappa shape index (κ1) is 18.1. The number of benzene rings is 2. The van der Waals surface area contributed by atoms with Gasteiger partial charge in [-0.15, -0.1) is 0 Å². The third kappa shape index (κ3) is 3.45. The van der Waals surface area contributed by atoms with Crippen molar-refractivity contribution >= 4 is 22.8 Å². The van der Waals surface area contributed by atoms with Crippen LogP contribution in [0.1, 0.15) is 32.1 Å². The molecule has 1 fully saturated rings. The van der Waals surface area contributed by atoms with Gasteiger partial charge >= 0.3 is 0 Å². The second kappa shape index (κ2) is 7.38. The van der Waals surface area contributed by atoms with Gasteiger partial charge in [-0.05, 0) is 44.2 Å². The smallest absolute Gasteiger partial charge is 0.254 e. The van der Waals surface area contributed by atoms with Crippen molar-refractivity contribution in [2.24, 2.45) is 0 Å². The fourth-order valence-corrected chi connectivity index (χ4v) is 3.42. The molecular formula is C22H22N4O2. The number of rotatable bonds is 2. The molecule has 0 unspecified atom stereocenters. The van der Waals surface area contributed by atoms with Crippen LogP contribution < -0.4 is 0 Å². The molecule has 0 spiro atoms. The highest BCUT2D eigenvalue weighted by atomic mass is 16.2.